The smallest absolute Gasteiger partial charge is 0.141 e. The van der Waals surface area contributed by atoms with Gasteiger partial charge in [0.2, 0.25) is 0 Å². The Kier molecular flexibility index (Phi) is 2.33. The monoisotopic (exact) mass is 223 g/mol. The molecule has 82 valence electrons. The van der Waals surface area contributed by atoms with Crippen LogP contribution in [-0.2, 0) is 0 Å². The van der Waals surface area contributed by atoms with E-state index in [4.69, 9.17) is 0 Å². The fourth-order valence-electron chi connectivity index (χ4n) is 1.98. The van der Waals surface area contributed by atoms with Crippen molar-refractivity contribution in [1.29, 1.82) is 0 Å². The molecule has 3 rings (SSSR count). The van der Waals surface area contributed by atoms with E-state index in [0.717, 1.165) is 22.0 Å². The molecule has 0 radical (unpaired) electrons. The molecule has 1 heterocycles. The van der Waals surface area contributed by atoms with Crippen molar-refractivity contribution in [2.45, 2.75) is 0 Å². The third-order valence-corrected chi connectivity index (χ3v) is 2.79. The van der Waals surface area contributed by atoms with Gasteiger partial charge < -0.3 is 0 Å². The summed E-state index contributed by atoms with van der Waals surface area (Å²) in [6.07, 6.45) is 1.25. The van der Waals surface area contributed by atoms with E-state index in [1.165, 1.54) is 12.3 Å². The summed E-state index contributed by atoms with van der Waals surface area (Å²) in [5.41, 5.74) is 1.83. The molecule has 0 fully saturated rings. The second kappa shape index (κ2) is 3.98. The van der Waals surface area contributed by atoms with Gasteiger partial charge in [0.15, 0.2) is 0 Å². The first-order chi connectivity index (χ1) is 8.34. The highest BCUT2D eigenvalue weighted by Crippen LogP contribution is 2.26. The van der Waals surface area contributed by atoms with E-state index in [-0.39, 0.29) is 5.82 Å². The van der Waals surface area contributed by atoms with Crippen LogP contribution in [0.15, 0.2) is 60.8 Å². The number of fused-ring (bicyclic) bond motifs is 1. The highest BCUT2D eigenvalue weighted by Gasteiger charge is 2.04. The predicted molar refractivity (Wildman–Crippen MR) is 67.1 cm³/mol. The summed E-state index contributed by atoms with van der Waals surface area (Å²) in [6, 6.07) is 17.3. The number of hydrogen-bond donors (Lipinski definition) is 0. The molecule has 0 N–H and O–H groups in total. The van der Waals surface area contributed by atoms with E-state index >= 15 is 0 Å². The van der Waals surface area contributed by atoms with Crippen LogP contribution in [0.25, 0.3) is 22.0 Å². The van der Waals surface area contributed by atoms with E-state index in [0.29, 0.717) is 0 Å². The fourth-order valence-corrected chi connectivity index (χ4v) is 1.98. The third kappa shape index (κ3) is 1.78. The molecule has 1 nitrogen and oxygen atoms in total. The van der Waals surface area contributed by atoms with E-state index < -0.39 is 0 Å². The molecule has 0 saturated carbocycles. The first-order valence-electron chi connectivity index (χ1n) is 5.44. The van der Waals surface area contributed by atoms with Gasteiger partial charge in [0.25, 0.3) is 0 Å². The average molecular weight is 223 g/mol. The van der Waals surface area contributed by atoms with Crippen molar-refractivity contribution in [1.82, 2.24) is 4.98 Å². The number of pyridine rings is 1. The lowest BCUT2D eigenvalue weighted by Crippen LogP contribution is -1.86. The molecule has 0 unspecified atom stereocenters. The summed E-state index contributed by atoms with van der Waals surface area (Å²) in [5.74, 6) is -0.311. The molecule has 0 aliphatic rings. The standard InChI is InChI=1S/C15H10FN/c16-12-8-9-15(17-10-12)14-7-3-5-11-4-1-2-6-13(11)14/h1-10H. The van der Waals surface area contributed by atoms with E-state index in [1.807, 2.05) is 24.3 Å². The Bertz CT molecular complexity index is 654. The summed E-state index contributed by atoms with van der Waals surface area (Å²) >= 11 is 0. The Hall–Kier alpha value is -2.22. The molecule has 0 aliphatic carbocycles. The molecule has 0 aliphatic heterocycles. The maximum atomic E-state index is 12.9. The second-order valence-corrected chi connectivity index (χ2v) is 3.89. The van der Waals surface area contributed by atoms with Crippen LogP contribution in [0.2, 0.25) is 0 Å². The Labute approximate surface area is 98.6 Å². The second-order valence-electron chi connectivity index (χ2n) is 3.89. The highest BCUT2D eigenvalue weighted by atomic mass is 19.1. The Morgan fingerprint density at radius 2 is 1.65 bits per heavy atom. The predicted octanol–water partition coefficient (Wildman–Crippen LogP) is 4.04. The van der Waals surface area contributed by atoms with Crippen molar-refractivity contribution in [2.24, 2.45) is 0 Å². The van der Waals surface area contributed by atoms with Gasteiger partial charge in [-0.15, -0.1) is 0 Å². The van der Waals surface area contributed by atoms with Gasteiger partial charge in [-0.05, 0) is 22.9 Å². The zero-order valence-corrected chi connectivity index (χ0v) is 9.10. The minimum absolute atomic E-state index is 0.311. The van der Waals surface area contributed by atoms with Crippen LogP contribution >= 0.6 is 0 Å². The van der Waals surface area contributed by atoms with Gasteiger partial charge >= 0.3 is 0 Å². The Balaban J connectivity index is 2.27. The normalized spacial score (nSPS) is 10.6. The Morgan fingerprint density at radius 1 is 0.824 bits per heavy atom. The molecule has 1 aromatic heterocycles. The zero-order valence-electron chi connectivity index (χ0n) is 9.10. The van der Waals surface area contributed by atoms with Crippen LogP contribution in [0.5, 0.6) is 0 Å². The molecule has 0 atom stereocenters. The summed E-state index contributed by atoms with van der Waals surface area (Å²) in [5, 5.41) is 2.30. The first-order valence-corrected chi connectivity index (χ1v) is 5.44. The molecule has 0 spiro atoms. The maximum absolute atomic E-state index is 12.9. The fraction of sp³-hybridized carbons (Fsp3) is 0. The summed E-state index contributed by atoms with van der Waals surface area (Å²) in [6.45, 7) is 0. The molecular formula is C15H10FN. The van der Waals surface area contributed by atoms with Gasteiger partial charge in [-0.2, -0.15) is 0 Å². The van der Waals surface area contributed by atoms with Crippen LogP contribution in [0.3, 0.4) is 0 Å². The largest absolute Gasteiger partial charge is 0.253 e. The van der Waals surface area contributed by atoms with Gasteiger partial charge in [-0.3, -0.25) is 4.98 Å². The van der Waals surface area contributed by atoms with Crippen molar-refractivity contribution in [3.63, 3.8) is 0 Å². The summed E-state index contributed by atoms with van der Waals surface area (Å²) in [4.78, 5) is 4.12. The molecule has 2 aromatic carbocycles. The molecule has 17 heavy (non-hydrogen) atoms. The van der Waals surface area contributed by atoms with Crippen LogP contribution < -0.4 is 0 Å². The van der Waals surface area contributed by atoms with E-state index in [9.17, 15) is 4.39 Å². The topological polar surface area (TPSA) is 12.9 Å². The van der Waals surface area contributed by atoms with Gasteiger partial charge in [0.05, 0.1) is 11.9 Å². The van der Waals surface area contributed by atoms with Crippen molar-refractivity contribution in [3.8, 4) is 11.3 Å². The van der Waals surface area contributed by atoms with Gasteiger partial charge in [0.1, 0.15) is 5.82 Å². The molecule has 2 heteroatoms. The summed E-state index contributed by atoms with van der Waals surface area (Å²) < 4.78 is 12.9. The zero-order chi connectivity index (χ0) is 11.7. The van der Waals surface area contributed by atoms with Crippen molar-refractivity contribution < 1.29 is 4.39 Å². The lowest BCUT2D eigenvalue weighted by Gasteiger charge is -2.05. The molecule has 0 bridgehead atoms. The van der Waals surface area contributed by atoms with Crippen LogP contribution in [0.4, 0.5) is 4.39 Å². The maximum Gasteiger partial charge on any atom is 0.141 e. The number of halogens is 1. The number of aromatic nitrogens is 1. The van der Waals surface area contributed by atoms with Crippen molar-refractivity contribution in [2.75, 3.05) is 0 Å². The first kappa shape index (κ1) is 9.97. The number of nitrogens with zero attached hydrogens (tertiary/aromatic N) is 1. The van der Waals surface area contributed by atoms with Crippen LogP contribution in [0.1, 0.15) is 0 Å². The average Bonchev–Trinajstić information content (AvgIpc) is 2.39. The minimum atomic E-state index is -0.311. The SMILES string of the molecule is Fc1ccc(-c2cccc3ccccc23)nc1. The summed E-state index contributed by atoms with van der Waals surface area (Å²) in [7, 11) is 0. The van der Waals surface area contributed by atoms with E-state index in [2.05, 4.69) is 23.2 Å². The molecule has 0 saturated heterocycles. The number of rotatable bonds is 1. The van der Waals surface area contributed by atoms with Crippen LogP contribution in [0, 0.1) is 5.82 Å². The van der Waals surface area contributed by atoms with Crippen LogP contribution in [-0.4, -0.2) is 4.98 Å². The minimum Gasteiger partial charge on any atom is -0.253 e. The number of benzene rings is 2. The Morgan fingerprint density at radius 3 is 2.47 bits per heavy atom. The third-order valence-electron chi connectivity index (χ3n) is 2.79. The number of hydrogen-bond acceptors (Lipinski definition) is 1. The van der Waals surface area contributed by atoms with Gasteiger partial charge in [-0.25, -0.2) is 4.39 Å². The lowest BCUT2D eigenvalue weighted by atomic mass is 10.0. The van der Waals surface area contributed by atoms with Gasteiger partial charge in [-0.1, -0.05) is 42.5 Å². The quantitative estimate of drug-likeness (QED) is 0.606. The van der Waals surface area contributed by atoms with E-state index in [1.54, 1.807) is 6.07 Å². The molecule has 0 amide bonds. The lowest BCUT2D eigenvalue weighted by molar-refractivity contribution is 0.622. The molecular weight excluding hydrogens is 213 g/mol. The van der Waals surface area contributed by atoms with Crippen molar-refractivity contribution >= 4 is 10.8 Å². The van der Waals surface area contributed by atoms with Crippen molar-refractivity contribution in [3.05, 3.63) is 66.6 Å². The van der Waals surface area contributed by atoms with Gasteiger partial charge in [0, 0.05) is 5.56 Å². The molecule has 3 aromatic rings. The highest BCUT2D eigenvalue weighted by molar-refractivity contribution is 5.95.